The zero-order valence-electron chi connectivity index (χ0n) is 10.2. The monoisotopic (exact) mass is 280 g/mol. The van der Waals surface area contributed by atoms with Gasteiger partial charge in [0.15, 0.2) is 5.13 Å². The summed E-state index contributed by atoms with van der Waals surface area (Å²) in [5.74, 6) is -0.295. The van der Waals surface area contributed by atoms with E-state index in [0.717, 1.165) is 11.3 Å². The molecule has 3 nitrogen and oxygen atoms in total. The number of rotatable bonds is 3. The molecule has 0 saturated heterocycles. The highest BCUT2D eigenvalue weighted by atomic mass is 35.5. The minimum absolute atomic E-state index is 0.0572. The van der Waals surface area contributed by atoms with Crippen LogP contribution in [0.2, 0.25) is 0 Å². The highest BCUT2D eigenvalue weighted by Crippen LogP contribution is 2.28. The molecule has 0 aliphatic carbocycles. The number of anilines is 1. The molecule has 1 amide bonds. The number of hydrogen-bond acceptors (Lipinski definition) is 3. The Morgan fingerprint density at radius 1 is 1.44 bits per heavy atom. The molecule has 0 saturated carbocycles. The summed E-state index contributed by atoms with van der Waals surface area (Å²) >= 11 is 6.84. The van der Waals surface area contributed by atoms with E-state index >= 15 is 0 Å². The fourth-order valence-corrected chi connectivity index (χ4v) is 2.41. The van der Waals surface area contributed by atoms with E-state index in [2.05, 4.69) is 28.5 Å². The van der Waals surface area contributed by atoms with E-state index in [1.807, 2.05) is 19.2 Å². The Hall–Kier alpha value is -1.39. The Labute approximate surface area is 115 Å². The Balaban J connectivity index is 2.29. The molecule has 0 spiro atoms. The van der Waals surface area contributed by atoms with Gasteiger partial charge < -0.3 is 5.32 Å². The third-order valence-corrected chi connectivity index (χ3v) is 3.54. The largest absolute Gasteiger partial charge is 0.301 e. The highest BCUT2D eigenvalue weighted by molar-refractivity contribution is 7.14. The summed E-state index contributed by atoms with van der Waals surface area (Å²) in [4.78, 5) is 15.6. The van der Waals surface area contributed by atoms with Crippen LogP contribution in [-0.2, 0) is 4.79 Å². The zero-order valence-corrected chi connectivity index (χ0v) is 11.7. The normalized spacial score (nSPS) is 10.4. The van der Waals surface area contributed by atoms with Gasteiger partial charge in [-0.1, -0.05) is 17.7 Å². The maximum absolute atomic E-state index is 11.2. The molecule has 0 atom stereocenters. The number of nitrogens with zero attached hydrogens (tertiary/aromatic N) is 1. The summed E-state index contributed by atoms with van der Waals surface area (Å²) in [7, 11) is 0. The van der Waals surface area contributed by atoms with Crippen LogP contribution >= 0.6 is 22.9 Å². The third kappa shape index (κ3) is 2.89. The second kappa shape index (κ2) is 5.50. The topological polar surface area (TPSA) is 42.0 Å². The lowest BCUT2D eigenvalue weighted by atomic mass is 10.0. The molecule has 0 aliphatic heterocycles. The smallest absolute Gasteiger partial charge is 0.241 e. The van der Waals surface area contributed by atoms with Crippen LogP contribution in [0.3, 0.4) is 0 Å². The number of alkyl halides is 1. The molecule has 94 valence electrons. The number of aryl methyl sites for hydroxylation is 2. The average Bonchev–Trinajstić information content (AvgIpc) is 2.80. The molecule has 2 aromatic rings. The van der Waals surface area contributed by atoms with Crippen molar-refractivity contribution in [1.29, 1.82) is 0 Å². The first kappa shape index (κ1) is 13.1. The number of amides is 1. The molecule has 18 heavy (non-hydrogen) atoms. The van der Waals surface area contributed by atoms with E-state index < -0.39 is 0 Å². The number of carbonyl (C=O) groups excluding carboxylic acids is 1. The van der Waals surface area contributed by atoms with Gasteiger partial charge in [0.2, 0.25) is 5.91 Å². The minimum Gasteiger partial charge on any atom is -0.301 e. The SMILES string of the molecule is Cc1ccc(C)c(-c2csc(NC(=O)CCl)n2)c1. The lowest BCUT2D eigenvalue weighted by Gasteiger charge is -2.03. The first-order valence-corrected chi connectivity index (χ1v) is 6.90. The van der Waals surface area contributed by atoms with Crippen molar-refractivity contribution in [3.63, 3.8) is 0 Å². The second-order valence-electron chi connectivity index (χ2n) is 4.04. The zero-order chi connectivity index (χ0) is 13.1. The summed E-state index contributed by atoms with van der Waals surface area (Å²) in [6.45, 7) is 4.09. The molecule has 0 aliphatic rings. The van der Waals surface area contributed by atoms with E-state index in [0.29, 0.717) is 5.13 Å². The van der Waals surface area contributed by atoms with E-state index in [4.69, 9.17) is 11.6 Å². The number of nitrogens with one attached hydrogen (secondary N) is 1. The summed E-state index contributed by atoms with van der Waals surface area (Å²) in [6.07, 6.45) is 0. The second-order valence-corrected chi connectivity index (χ2v) is 5.16. The fourth-order valence-electron chi connectivity index (χ4n) is 1.62. The van der Waals surface area contributed by atoms with Crippen LogP contribution in [0.15, 0.2) is 23.6 Å². The standard InChI is InChI=1S/C13H13ClN2OS/c1-8-3-4-9(2)10(5-8)11-7-18-13(15-11)16-12(17)6-14/h3-5,7H,6H2,1-2H3,(H,15,16,17). The van der Waals surface area contributed by atoms with Gasteiger partial charge in [-0.05, 0) is 25.5 Å². The first-order chi connectivity index (χ1) is 8.60. The van der Waals surface area contributed by atoms with Gasteiger partial charge in [0.05, 0.1) is 5.69 Å². The van der Waals surface area contributed by atoms with Crippen molar-refractivity contribution >= 4 is 34.0 Å². The van der Waals surface area contributed by atoms with Crippen molar-refractivity contribution in [2.24, 2.45) is 0 Å². The van der Waals surface area contributed by atoms with Crippen LogP contribution in [0.4, 0.5) is 5.13 Å². The van der Waals surface area contributed by atoms with Crippen LogP contribution in [0.1, 0.15) is 11.1 Å². The molecule has 0 fully saturated rings. The molecule has 2 rings (SSSR count). The summed E-state index contributed by atoms with van der Waals surface area (Å²) < 4.78 is 0. The van der Waals surface area contributed by atoms with Crippen molar-refractivity contribution in [1.82, 2.24) is 4.98 Å². The Bertz CT molecular complexity index is 580. The molecule has 1 N–H and O–H groups in total. The van der Waals surface area contributed by atoms with Gasteiger partial charge in [0.25, 0.3) is 0 Å². The van der Waals surface area contributed by atoms with Crippen LogP contribution in [-0.4, -0.2) is 16.8 Å². The summed E-state index contributed by atoms with van der Waals surface area (Å²) in [5, 5.41) is 5.17. The van der Waals surface area contributed by atoms with Gasteiger partial charge >= 0.3 is 0 Å². The van der Waals surface area contributed by atoms with Crippen molar-refractivity contribution in [2.75, 3.05) is 11.2 Å². The summed E-state index contributed by atoms with van der Waals surface area (Å²) in [5.41, 5.74) is 4.33. The predicted octanol–water partition coefficient (Wildman–Crippen LogP) is 3.60. The predicted molar refractivity (Wildman–Crippen MR) is 76.4 cm³/mol. The van der Waals surface area contributed by atoms with Gasteiger partial charge in [-0.2, -0.15) is 0 Å². The Kier molecular flexibility index (Phi) is 3.99. The van der Waals surface area contributed by atoms with Gasteiger partial charge in [0.1, 0.15) is 5.88 Å². The number of halogens is 1. The van der Waals surface area contributed by atoms with Gasteiger partial charge in [0, 0.05) is 10.9 Å². The molecule has 0 unspecified atom stereocenters. The van der Waals surface area contributed by atoms with Crippen molar-refractivity contribution in [3.8, 4) is 11.3 Å². The maximum Gasteiger partial charge on any atom is 0.241 e. The quantitative estimate of drug-likeness (QED) is 0.873. The maximum atomic E-state index is 11.2. The van der Waals surface area contributed by atoms with Crippen molar-refractivity contribution < 1.29 is 4.79 Å². The molecule has 5 heteroatoms. The number of hydrogen-bond donors (Lipinski definition) is 1. The fraction of sp³-hybridized carbons (Fsp3) is 0.231. The third-order valence-electron chi connectivity index (χ3n) is 2.54. The number of benzene rings is 1. The van der Waals surface area contributed by atoms with E-state index in [1.54, 1.807) is 0 Å². The lowest BCUT2D eigenvalue weighted by molar-refractivity contribution is -0.113. The molecule has 1 aromatic heterocycles. The lowest BCUT2D eigenvalue weighted by Crippen LogP contribution is -2.12. The number of thiazole rings is 1. The van der Waals surface area contributed by atoms with Crippen LogP contribution in [0, 0.1) is 13.8 Å². The van der Waals surface area contributed by atoms with Gasteiger partial charge in [-0.3, -0.25) is 4.79 Å². The number of aromatic nitrogens is 1. The van der Waals surface area contributed by atoms with Crippen LogP contribution < -0.4 is 5.32 Å². The molecule has 0 radical (unpaired) electrons. The Morgan fingerprint density at radius 3 is 2.94 bits per heavy atom. The van der Waals surface area contributed by atoms with Gasteiger partial charge in [-0.25, -0.2) is 4.98 Å². The minimum atomic E-state index is -0.237. The highest BCUT2D eigenvalue weighted by Gasteiger charge is 2.09. The molecule has 1 heterocycles. The van der Waals surface area contributed by atoms with Crippen LogP contribution in [0.5, 0.6) is 0 Å². The van der Waals surface area contributed by atoms with E-state index in [-0.39, 0.29) is 11.8 Å². The van der Waals surface area contributed by atoms with Crippen LogP contribution in [0.25, 0.3) is 11.3 Å². The number of carbonyl (C=O) groups is 1. The van der Waals surface area contributed by atoms with E-state index in [1.165, 1.54) is 22.5 Å². The summed E-state index contributed by atoms with van der Waals surface area (Å²) in [6, 6.07) is 6.24. The average molecular weight is 281 g/mol. The van der Waals surface area contributed by atoms with Gasteiger partial charge in [-0.15, -0.1) is 22.9 Å². The molecular weight excluding hydrogens is 268 g/mol. The molecular formula is C13H13ClN2OS. The van der Waals surface area contributed by atoms with E-state index in [9.17, 15) is 4.79 Å². The first-order valence-electron chi connectivity index (χ1n) is 5.49. The Morgan fingerprint density at radius 2 is 2.22 bits per heavy atom. The molecule has 0 bridgehead atoms. The van der Waals surface area contributed by atoms with Crippen molar-refractivity contribution in [2.45, 2.75) is 13.8 Å². The van der Waals surface area contributed by atoms with Crippen molar-refractivity contribution in [3.05, 3.63) is 34.7 Å². The molecule has 1 aromatic carbocycles.